The molecule has 1 N–H and O–H groups in total. The summed E-state index contributed by atoms with van der Waals surface area (Å²) in [7, 11) is 1.95. The molecule has 0 saturated carbocycles. The van der Waals surface area contributed by atoms with Crippen molar-refractivity contribution in [2.24, 2.45) is 7.05 Å². The van der Waals surface area contributed by atoms with Crippen molar-refractivity contribution in [1.29, 1.82) is 0 Å². The third-order valence-corrected chi connectivity index (χ3v) is 3.66. The standard InChI is InChI=1S/C14H20N4S/c1-18-11-16-17-14(18)12-5-7-13(8-6-12)15-9-3-4-10-19-2/h5-8,11,15H,3-4,9-10H2,1-2H3. The molecule has 102 valence electrons. The van der Waals surface area contributed by atoms with Crippen LogP contribution in [0.5, 0.6) is 0 Å². The monoisotopic (exact) mass is 276 g/mol. The average Bonchev–Trinajstić information content (AvgIpc) is 2.86. The number of nitrogens with one attached hydrogen (secondary N) is 1. The van der Waals surface area contributed by atoms with Crippen LogP contribution in [-0.4, -0.2) is 33.3 Å². The van der Waals surface area contributed by atoms with Crippen molar-refractivity contribution in [2.45, 2.75) is 12.8 Å². The Labute approximate surface area is 118 Å². The van der Waals surface area contributed by atoms with Gasteiger partial charge < -0.3 is 9.88 Å². The lowest BCUT2D eigenvalue weighted by Gasteiger charge is -2.07. The predicted octanol–water partition coefficient (Wildman–Crippen LogP) is 3.04. The molecule has 19 heavy (non-hydrogen) atoms. The smallest absolute Gasteiger partial charge is 0.163 e. The lowest BCUT2D eigenvalue weighted by molar-refractivity contribution is 0.843. The third-order valence-electron chi connectivity index (χ3n) is 2.96. The molecule has 2 aromatic rings. The zero-order valence-corrected chi connectivity index (χ0v) is 12.3. The molecule has 0 aliphatic carbocycles. The summed E-state index contributed by atoms with van der Waals surface area (Å²) >= 11 is 1.91. The van der Waals surface area contributed by atoms with E-state index in [1.807, 2.05) is 23.4 Å². The number of nitrogens with zero attached hydrogens (tertiary/aromatic N) is 3. The highest BCUT2D eigenvalue weighted by atomic mass is 32.2. The number of benzene rings is 1. The van der Waals surface area contributed by atoms with Crippen molar-refractivity contribution in [1.82, 2.24) is 14.8 Å². The highest BCUT2D eigenvalue weighted by Crippen LogP contribution is 2.18. The summed E-state index contributed by atoms with van der Waals surface area (Å²) in [5, 5.41) is 11.4. The van der Waals surface area contributed by atoms with E-state index in [-0.39, 0.29) is 0 Å². The first-order valence-corrected chi connectivity index (χ1v) is 7.88. The molecule has 0 amide bonds. The quantitative estimate of drug-likeness (QED) is 0.789. The van der Waals surface area contributed by atoms with Crippen LogP contribution in [-0.2, 0) is 7.05 Å². The molecule has 0 radical (unpaired) electrons. The molecular weight excluding hydrogens is 256 g/mol. The second-order valence-electron chi connectivity index (χ2n) is 4.47. The number of rotatable bonds is 7. The van der Waals surface area contributed by atoms with Crippen molar-refractivity contribution in [3.8, 4) is 11.4 Å². The molecule has 0 aliphatic heterocycles. The number of aromatic nitrogens is 3. The summed E-state index contributed by atoms with van der Waals surface area (Å²) in [5.41, 5.74) is 2.25. The van der Waals surface area contributed by atoms with Crippen LogP contribution >= 0.6 is 11.8 Å². The summed E-state index contributed by atoms with van der Waals surface area (Å²) in [6.45, 7) is 1.03. The minimum Gasteiger partial charge on any atom is -0.385 e. The van der Waals surface area contributed by atoms with Crippen molar-refractivity contribution < 1.29 is 0 Å². The van der Waals surface area contributed by atoms with E-state index in [1.54, 1.807) is 6.33 Å². The zero-order valence-electron chi connectivity index (χ0n) is 11.5. The molecule has 5 heteroatoms. The van der Waals surface area contributed by atoms with E-state index < -0.39 is 0 Å². The highest BCUT2D eigenvalue weighted by Gasteiger charge is 2.03. The van der Waals surface area contributed by atoms with Crippen molar-refractivity contribution >= 4 is 17.4 Å². The van der Waals surface area contributed by atoms with Crippen molar-refractivity contribution in [3.05, 3.63) is 30.6 Å². The molecule has 0 saturated heterocycles. The van der Waals surface area contributed by atoms with Crippen LogP contribution < -0.4 is 5.32 Å². The van der Waals surface area contributed by atoms with Crippen LogP contribution in [0.25, 0.3) is 11.4 Å². The minimum absolute atomic E-state index is 0.895. The van der Waals surface area contributed by atoms with Crippen LogP contribution in [0.2, 0.25) is 0 Å². The fourth-order valence-electron chi connectivity index (χ4n) is 1.89. The Morgan fingerprint density at radius 3 is 2.63 bits per heavy atom. The lowest BCUT2D eigenvalue weighted by Crippen LogP contribution is -2.01. The Balaban J connectivity index is 1.87. The van der Waals surface area contributed by atoms with Gasteiger partial charge >= 0.3 is 0 Å². The van der Waals surface area contributed by atoms with Gasteiger partial charge in [-0.25, -0.2) is 0 Å². The first kappa shape index (κ1) is 13.9. The van der Waals surface area contributed by atoms with Gasteiger partial charge in [-0.3, -0.25) is 0 Å². The number of hydrogen-bond acceptors (Lipinski definition) is 4. The Bertz CT molecular complexity index is 492. The SMILES string of the molecule is CSCCCCNc1ccc(-c2nncn2C)cc1. The molecule has 0 spiro atoms. The Morgan fingerprint density at radius 1 is 1.21 bits per heavy atom. The maximum absolute atomic E-state index is 4.10. The topological polar surface area (TPSA) is 42.7 Å². The van der Waals surface area contributed by atoms with Gasteiger partial charge in [0, 0.05) is 24.8 Å². The van der Waals surface area contributed by atoms with E-state index >= 15 is 0 Å². The molecule has 1 aromatic heterocycles. The van der Waals surface area contributed by atoms with Gasteiger partial charge in [0.05, 0.1) is 0 Å². The van der Waals surface area contributed by atoms with Crippen molar-refractivity contribution in [2.75, 3.05) is 23.9 Å². The molecule has 4 nitrogen and oxygen atoms in total. The van der Waals surface area contributed by atoms with Crippen LogP contribution in [0.4, 0.5) is 5.69 Å². The Morgan fingerprint density at radius 2 is 2.00 bits per heavy atom. The number of anilines is 1. The normalized spacial score (nSPS) is 10.6. The average molecular weight is 276 g/mol. The number of hydrogen-bond donors (Lipinski definition) is 1. The van der Waals surface area contributed by atoms with Gasteiger partial charge in [-0.15, -0.1) is 10.2 Å². The molecule has 1 aromatic carbocycles. The second-order valence-corrected chi connectivity index (χ2v) is 5.46. The predicted molar refractivity (Wildman–Crippen MR) is 82.5 cm³/mol. The molecular formula is C14H20N4S. The fraction of sp³-hybridized carbons (Fsp3) is 0.429. The van der Waals surface area contributed by atoms with Gasteiger partial charge in [-0.1, -0.05) is 0 Å². The fourth-order valence-corrected chi connectivity index (χ4v) is 2.38. The molecule has 0 atom stereocenters. The van der Waals surface area contributed by atoms with Gasteiger partial charge in [0.1, 0.15) is 6.33 Å². The van der Waals surface area contributed by atoms with Crippen molar-refractivity contribution in [3.63, 3.8) is 0 Å². The van der Waals surface area contributed by atoms with Gasteiger partial charge in [0.25, 0.3) is 0 Å². The molecule has 0 unspecified atom stereocenters. The van der Waals surface area contributed by atoms with Gasteiger partial charge in [0.15, 0.2) is 5.82 Å². The van der Waals surface area contributed by atoms with Gasteiger partial charge in [-0.2, -0.15) is 11.8 Å². The molecule has 0 fully saturated rings. The minimum atomic E-state index is 0.895. The maximum Gasteiger partial charge on any atom is 0.163 e. The van der Waals surface area contributed by atoms with Crippen LogP contribution in [0.3, 0.4) is 0 Å². The van der Waals surface area contributed by atoms with Gasteiger partial charge in [0.2, 0.25) is 0 Å². The van der Waals surface area contributed by atoms with Crippen LogP contribution in [0.15, 0.2) is 30.6 Å². The Hall–Kier alpha value is -1.49. The number of thioether (sulfide) groups is 1. The molecule has 0 bridgehead atoms. The zero-order chi connectivity index (χ0) is 13.5. The summed E-state index contributed by atoms with van der Waals surface area (Å²) in [6.07, 6.45) is 6.35. The third kappa shape index (κ3) is 3.99. The number of unbranched alkanes of at least 4 members (excludes halogenated alkanes) is 1. The summed E-state index contributed by atoms with van der Waals surface area (Å²) in [6, 6.07) is 8.35. The van der Waals surface area contributed by atoms with E-state index in [2.05, 4.69) is 46.0 Å². The van der Waals surface area contributed by atoms with E-state index in [0.29, 0.717) is 0 Å². The lowest BCUT2D eigenvalue weighted by atomic mass is 10.2. The first-order valence-electron chi connectivity index (χ1n) is 6.48. The number of aryl methyl sites for hydroxylation is 1. The van der Waals surface area contributed by atoms with Crippen LogP contribution in [0.1, 0.15) is 12.8 Å². The molecule has 2 rings (SSSR count). The Kier molecular flexibility index (Phi) is 5.27. The maximum atomic E-state index is 4.10. The first-order chi connectivity index (χ1) is 9.31. The van der Waals surface area contributed by atoms with E-state index in [4.69, 9.17) is 0 Å². The van der Waals surface area contributed by atoms with Gasteiger partial charge in [-0.05, 0) is 49.1 Å². The molecule has 0 aliphatic rings. The van der Waals surface area contributed by atoms with Crippen LogP contribution in [0, 0.1) is 0 Å². The summed E-state index contributed by atoms with van der Waals surface area (Å²) in [5.74, 6) is 2.14. The highest BCUT2D eigenvalue weighted by molar-refractivity contribution is 7.98. The van der Waals surface area contributed by atoms with E-state index in [0.717, 1.165) is 23.6 Å². The molecule has 1 heterocycles. The van der Waals surface area contributed by atoms with E-state index in [9.17, 15) is 0 Å². The summed E-state index contributed by atoms with van der Waals surface area (Å²) in [4.78, 5) is 0. The van der Waals surface area contributed by atoms with E-state index in [1.165, 1.54) is 18.6 Å². The largest absolute Gasteiger partial charge is 0.385 e. The summed E-state index contributed by atoms with van der Waals surface area (Å²) < 4.78 is 1.92. The second kappa shape index (κ2) is 7.19.